The molecular weight excluding hydrogens is 491 g/mol. The van der Waals surface area contributed by atoms with Crippen LogP contribution in [0.3, 0.4) is 0 Å². The van der Waals surface area contributed by atoms with Crippen molar-refractivity contribution in [2.45, 2.75) is 64.8 Å². The summed E-state index contributed by atoms with van der Waals surface area (Å²) >= 11 is 0. The van der Waals surface area contributed by atoms with E-state index in [4.69, 9.17) is 4.65 Å². The summed E-state index contributed by atoms with van der Waals surface area (Å²) in [4.78, 5) is 32.8. The smallest absolute Gasteiger partial charge is 0.455 e. The van der Waals surface area contributed by atoms with Crippen molar-refractivity contribution < 1.29 is 24.4 Å². The molecule has 2 aliphatic heterocycles. The zero-order valence-corrected chi connectivity index (χ0v) is 22.8. The van der Waals surface area contributed by atoms with E-state index in [0.29, 0.717) is 32.1 Å². The first-order chi connectivity index (χ1) is 18.9. The minimum Gasteiger partial charge on any atom is -0.508 e. The quantitative estimate of drug-likeness (QED) is 0.267. The van der Waals surface area contributed by atoms with Gasteiger partial charge in [0.1, 0.15) is 5.75 Å². The number of allylic oxidation sites excluding steroid dienone is 2. The summed E-state index contributed by atoms with van der Waals surface area (Å²) in [5.74, 6) is -0.881. The number of aromatic hydroxyl groups is 1. The topological polar surface area (TPSA) is 100.0 Å². The average Bonchev–Trinajstić information content (AvgIpc) is 3.16. The van der Waals surface area contributed by atoms with Crippen LogP contribution in [0.4, 0.5) is 0 Å². The number of imide groups is 1. The first-order valence-electron chi connectivity index (χ1n) is 14.2. The fraction of sp³-hybridized carbons (Fsp3) is 0.452. The van der Waals surface area contributed by atoms with Crippen molar-refractivity contribution in [2.75, 3.05) is 6.54 Å². The van der Waals surface area contributed by atoms with E-state index < -0.39 is 13.0 Å². The molecule has 3 heterocycles. The van der Waals surface area contributed by atoms with Gasteiger partial charge in [-0.05, 0) is 91.4 Å². The predicted molar refractivity (Wildman–Crippen MR) is 151 cm³/mol. The molecule has 2 fully saturated rings. The number of pyridine rings is 1. The van der Waals surface area contributed by atoms with Gasteiger partial charge in [0.25, 0.3) is 0 Å². The highest BCUT2D eigenvalue weighted by atomic mass is 16.5. The van der Waals surface area contributed by atoms with E-state index in [0.717, 1.165) is 41.7 Å². The Morgan fingerprint density at radius 1 is 1.13 bits per heavy atom. The first kappa shape index (κ1) is 27.3. The Labute approximate surface area is 230 Å². The standard InChI is InChI=1S/C31H37BN2O5/c1-3-8-22-18-24-29(31(37)34(15-4-2)30(24)36)25-19-32(38)39-27(28(22)25)13-12-21(26-11-5-6-14-33-26)16-20-9-7-10-23(35)17-20/h5-7,9-11,14,16-17,24-25,27,29,35,38H,3-4,8,12-13,15,18-19H2,1-2H3/b21-16-/t24-,25+,27-,29-/m1/s1. The molecule has 3 aliphatic rings. The maximum atomic E-state index is 13.5. The van der Waals surface area contributed by atoms with Crippen LogP contribution in [0.5, 0.6) is 5.75 Å². The summed E-state index contributed by atoms with van der Waals surface area (Å²) in [5, 5.41) is 20.8. The van der Waals surface area contributed by atoms with Gasteiger partial charge in [0.15, 0.2) is 0 Å². The third-order valence-corrected chi connectivity index (χ3v) is 8.28. The number of hydrogen-bond acceptors (Lipinski definition) is 6. The maximum absolute atomic E-state index is 13.5. The number of carbonyl (C=O) groups excluding carboxylic acids is 2. The minimum atomic E-state index is -0.984. The molecule has 0 saturated carbocycles. The summed E-state index contributed by atoms with van der Waals surface area (Å²) in [6, 6.07) is 12.9. The molecule has 2 amide bonds. The van der Waals surface area contributed by atoms with Crippen LogP contribution >= 0.6 is 0 Å². The van der Waals surface area contributed by atoms with Crippen LogP contribution in [0, 0.1) is 17.8 Å². The molecule has 1 aromatic carbocycles. The Hall–Kier alpha value is -3.23. The number of hydrogen-bond donors (Lipinski definition) is 2. The van der Waals surface area contributed by atoms with Gasteiger partial charge in [-0.15, -0.1) is 0 Å². The van der Waals surface area contributed by atoms with Crippen LogP contribution in [0.25, 0.3) is 11.6 Å². The van der Waals surface area contributed by atoms with Gasteiger partial charge in [-0.25, -0.2) is 0 Å². The summed E-state index contributed by atoms with van der Waals surface area (Å²) in [6.45, 7) is 4.56. The van der Waals surface area contributed by atoms with Crippen LogP contribution in [-0.2, 0) is 14.2 Å². The highest BCUT2D eigenvalue weighted by Crippen LogP contribution is 2.51. The summed E-state index contributed by atoms with van der Waals surface area (Å²) in [6.07, 6.45) is 8.14. The second kappa shape index (κ2) is 11.9. The Morgan fingerprint density at radius 2 is 1.97 bits per heavy atom. The molecule has 2 saturated heterocycles. The lowest BCUT2D eigenvalue weighted by atomic mass is 9.58. The monoisotopic (exact) mass is 528 g/mol. The average molecular weight is 528 g/mol. The zero-order valence-electron chi connectivity index (χ0n) is 22.8. The molecule has 0 spiro atoms. The molecule has 204 valence electrons. The summed E-state index contributed by atoms with van der Waals surface area (Å²) in [5.41, 5.74) is 5.05. The maximum Gasteiger partial charge on any atom is 0.455 e. The molecule has 0 unspecified atom stereocenters. The van der Waals surface area contributed by atoms with E-state index in [1.54, 1.807) is 18.3 Å². The van der Waals surface area contributed by atoms with Gasteiger partial charge in [0, 0.05) is 12.7 Å². The number of rotatable bonds is 9. The van der Waals surface area contributed by atoms with Gasteiger partial charge in [0.2, 0.25) is 11.8 Å². The van der Waals surface area contributed by atoms with Crippen molar-refractivity contribution in [3.63, 3.8) is 0 Å². The van der Waals surface area contributed by atoms with E-state index in [1.807, 2.05) is 43.3 Å². The first-order valence-corrected chi connectivity index (χ1v) is 14.2. The minimum absolute atomic E-state index is 0.0523. The van der Waals surface area contributed by atoms with Crippen molar-refractivity contribution >= 4 is 30.6 Å². The van der Waals surface area contributed by atoms with E-state index >= 15 is 0 Å². The van der Waals surface area contributed by atoms with E-state index in [9.17, 15) is 19.7 Å². The normalized spacial score (nSPS) is 25.3. The van der Waals surface area contributed by atoms with Crippen LogP contribution in [0.2, 0.25) is 6.32 Å². The van der Waals surface area contributed by atoms with Crippen molar-refractivity contribution in [1.29, 1.82) is 0 Å². The van der Waals surface area contributed by atoms with Crippen LogP contribution < -0.4 is 0 Å². The van der Waals surface area contributed by atoms with Crippen LogP contribution in [-0.4, -0.2) is 51.6 Å². The molecule has 0 bridgehead atoms. The number of phenolic OH excluding ortho intramolecular Hbond substituents is 1. The lowest BCUT2D eigenvalue weighted by Gasteiger charge is -2.43. The molecule has 7 nitrogen and oxygen atoms in total. The highest BCUT2D eigenvalue weighted by molar-refractivity contribution is 6.43. The van der Waals surface area contributed by atoms with Crippen molar-refractivity contribution in [1.82, 2.24) is 9.88 Å². The van der Waals surface area contributed by atoms with Crippen LogP contribution in [0.1, 0.15) is 63.6 Å². The SMILES string of the molecule is CCCC1=C2[C@@H](CC/C(=C/c3cccc(O)c3)c3ccccn3)OB(O)C[C@@H]2[C@@H]2C(=O)N(CCC)C(=O)[C@@H]2C1. The Bertz CT molecular complexity index is 1280. The Kier molecular flexibility index (Phi) is 8.33. The van der Waals surface area contributed by atoms with Gasteiger partial charge in [0.05, 0.1) is 23.6 Å². The number of benzene rings is 1. The number of likely N-dealkylation sites (tertiary alicyclic amines) is 1. The molecule has 1 aliphatic carbocycles. The number of amides is 2. The number of phenols is 1. The number of carbonyl (C=O) groups is 2. The van der Waals surface area contributed by atoms with Gasteiger partial charge in [-0.2, -0.15) is 0 Å². The largest absolute Gasteiger partial charge is 0.508 e. The molecule has 5 rings (SSSR count). The molecule has 4 atom stereocenters. The lowest BCUT2D eigenvalue weighted by Crippen LogP contribution is -2.46. The highest BCUT2D eigenvalue weighted by Gasteiger charge is 2.56. The summed E-state index contributed by atoms with van der Waals surface area (Å²) in [7, 11) is -0.984. The second-order valence-corrected chi connectivity index (χ2v) is 10.9. The van der Waals surface area contributed by atoms with E-state index in [1.165, 1.54) is 10.5 Å². The number of nitrogens with zero attached hydrogens (tertiary/aromatic N) is 2. The van der Waals surface area contributed by atoms with Crippen molar-refractivity contribution in [2.24, 2.45) is 17.8 Å². The molecular formula is C31H37BN2O5. The molecule has 0 radical (unpaired) electrons. The molecule has 2 aromatic rings. The fourth-order valence-corrected chi connectivity index (χ4v) is 6.74. The second-order valence-electron chi connectivity index (χ2n) is 10.9. The molecule has 1 aromatic heterocycles. The van der Waals surface area contributed by atoms with Gasteiger partial charge in [-0.3, -0.25) is 19.5 Å². The van der Waals surface area contributed by atoms with Crippen molar-refractivity contribution in [3.8, 4) is 5.75 Å². The molecule has 2 N–H and O–H groups in total. The molecule has 8 heteroatoms. The summed E-state index contributed by atoms with van der Waals surface area (Å²) < 4.78 is 6.17. The predicted octanol–water partition coefficient (Wildman–Crippen LogP) is 5.12. The van der Waals surface area contributed by atoms with Gasteiger partial charge >= 0.3 is 7.12 Å². The van der Waals surface area contributed by atoms with E-state index in [-0.39, 0.29) is 35.5 Å². The molecule has 39 heavy (non-hydrogen) atoms. The Morgan fingerprint density at radius 3 is 2.69 bits per heavy atom. The van der Waals surface area contributed by atoms with Crippen molar-refractivity contribution in [3.05, 3.63) is 71.1 Å². The van der Waals surface area contributed by atoms with Gasteiger partial charge < -0.3 is 14.8 Å². The third-order valence-electron chi connectivity index (χ3n) is 8.28. The van der Waals surface area contributed by atoms with Gasteiger partial charge in [-0.1, -0.05) is 44.0 Å². The Balaban J connectivity index is 1.47. The van der Waals surface area contributed by atoms with E-state index in [2.05, 4.69) is 11.9 Å². The third kappa shape index (κ3) is 5.59. The number of fused-ring (bicyclic) bond motifs is 3. The van der Waals surface area contributed by atoms with Crippen LogP contribution in [0.15, 0.2) is 59.8 Å². The lowest BCUT2D eigenvalue weighted by molar-refractivity contribution is -0.140. The zero-order chi connectivity index (χ0) is 27.5. The number of aromatic nitrogens is 1. The fourth-order valence-electron chi connectivity index (χ4n) is 6.74.